The molecule has 0 saturated carbocycles. The van der Waals surface area contributed by atoms with Crippen molar-refractivity contribution < 1.29 is 13.7 Å². The van der Waals surface area contributed by atoms with Crippen LogP contribution < -0.4 is 5.32 Å². The topological polar surface area (TPSA) is 71.3 Å². The van der Waals surface area contributed by atoms with Gasteiger partial charge in [-0.3, -0.25) is 4.90 Å². The molecule has 0 aliphatic carbocycles. The van der Waals surface area contributed by atoms with Crippen LogP contribution in [0.25, 0.3) is 17.0 Å². The number of nitrogens with zero attached hydrogens (tertiary/aromatic N) is 3. The molecule has 7 heteroatoms. The fraction of sp³-hybridized carbons (Fsp3) is 0.292. The first-order chi connectivity index (χ1) is 15.0. The largest absolute Gasteiger partial charge is 0.334 e. The number of urea groups is 1. The van der Waals surface area contributed by atoms with Gasteiger partial charge in [0.05, 0.1) is 11.6 Å². The summed E-state index contributed by atoms with van der Waals surface area (Å²) in [5.41, 5.74) is 3.99. The van der Waals surface area contributed by atoms with Crippen molar-refractivity contribution in [1.29, 1.82) is 0 Å². The highest BCUT2D eigenvalue weighted by molar-refractivity contribution is 5.86. The van der Waals surface area contributed by atoms with E-state index in [0.717, 1.165) is 29.7 Å². The number of benzene rings is 2. The van der Waals surface area contributed by atoms with E-state index in [2.05, 4.69) is 22.4 Å². The zero-order valence-corrected chi connectivity index (χ0v) is 17.9. The highest BCUT2D eigenvalue weighted by atomic mass is 19.1. The standard InChI is InChI=1S/C24H25FN4O2/c1-4-5-13-29-16(3)20(21(26-24(29)30)18-7-6-8-19(25)14-18)23-27-22(28-31-23)17-11-9-15(2)10-12-17/h6-12,14,21H,4-5,13H2,1-3H3,(H,26,30). The van der Waals surface area contributed by atoms with Gasteiger partial charge in [-0.05, 0) is 38.0 Å². The first kappa shape index (κ1) is 20.8. The predicted molar refractivity (Wildman–Crippen MR) is 116 cm³/mol. The molecule has 160 valence electrons. The van der Waals surface area contributed by atoms with Crippen molar-refractivity contribution >= 4 is 11.6 Å². The molecular weight excluding hydrogens is 395 g/mol. The Bertz CT molecular complexity index is 1120. The van der Waals surface area contributed by atoms with Gasteiger partial charge in [-0.15, -0.1) is 0 Å². The molecule has 1 aliphatic rings. The second kappa shape index (κ2) is 8.71. The van der Waals surface area contributed by atoms with Gasteiger partial charge < -0.3 is 9.84 Å². The van der Waals surface area contributed by atoms with Crippen molar-refractivity contribution in [2.75, 3.05) is 6.54 Å². The molecule has 0 radical (unpaired) electrons. The van der Waals surface area contributed by atoms with Crippen molar-refractivity contribution in [2.45, 2.75) is 39.7 Å². The number of amides is 2. The van der Waals surface area contributed by atoms with Crippen LogP contribution in [0.5, 0.6) is 0 Å². The summed E-state index contributed by atoms with van der Waals surface area (Å²) < 4.78 is 19.6. The number of aryl methyl sites for hydroxylation is 1. The number of carbonyl (C=O) groups is 1. The smallest absolute Gasteiger partial charge is 0.322 e. The molecule has 31 heavy (non-hydrogen) atoms. The van der Waals surface area contributed by atoms with Crippen LogP contribution in [-0.2, 0) is 0 Å². The average molecular weight is 420 g/mol. The summed E-state index contributed by atoms with van der Waals surface area (Å²) in [6.45, 7) is 6.53. The third kappa shape index (κ3) is 4.21. The molecule has 1 aliphatic heterocycles. The van der Waals surface area contributed by atoms with E-state index in [1.807, 2.05) is 38.1 Å². The van der Waals surface area contributed by atoms with Crippen LogP contribution in [0.15, 0.2) is 58.8 Å². The third-order valence-corrected chi connectivity index (χ3v) is 5.48. The molecule has 2 heterocycles. The zero-order valence-electron chi connectivity index (χ0n) is 17.9. The van der Waals surface area contributed by atoms with E-state index in [9.17, 15) is 9.18 Å². The van der Waals surface area contributed by atoms with Gasteiger partial charge in [-0.1, -0.05) is 60.5 Å². The summed E-state index contributed by atoms with van der Waals surface area (Å²) in [6, 6.07) is 13.2. The number of aromatic nitrogens is 2. The Morgan fingerprint density at radius 2 is 1.94 bits per heavy atom. The van der Waals surface area contributed by atoms with Gasteiger partial charge in [0.1, 0.15) is 5.82 Å². The first-order valence-electron chi connectivity index (χ1n) is 10.4. The molecule has 1 unspecified atom stereocenters. The SMILES string of the molecule is CCCCN1C(=O)NC(c2cccc(F)c2)C(c2nc(-c3ccc(C)cc3)no2)=C1C. The van der Waals surface area contributed by atoms with E-state index < -0.39 is 6.04 Å². The minimum atomic E-state index is -0.590. The monoisotopic (exact) mass is 420 g/mol. The normalized spacial score (nSPS) is 16.6. The number of rotatable bonds is 6. The van der Waals surface area contributed by atoms with Crippen molar-refractivity contribution in [3.63, 3.8) is 0 Å². The number of halogens is 1. The van der Waals surface area contributed by atoms with Gasteiger partial charge in [-0.25, -0.2) is 9.18 Å². The van der Waals surface area contributed by atoms with Gasteiger partial charge in [0, 0.05) is 17.8 Å². The number of hydrogen-bond donors (Lipinski definition) is 1. The number of unbranched alkanes of at least 4 members (excludes halogenated alkanes) is 1. The lowest BCUT2D eigenvalue weighted by molar-refractivity contribution is 0.204. The van der Waals surface area contributed by atoms with E-state index in [-0.39, 0.29) is 11.8 Å². The van der Waals surface area contributed by atoms with Crippen molar-refractivity contribution in [3.05, 3.63) is 77.1 Å². The quantitative estimate of drug-likeness (QED) is 0.573. The van der Waals surface area contributed by atoms with Crippen molar-refractivity contribution in [2.24, 2.45) is 0 Å². The van der Waals surface area contributed by atoms with Crippen LogP contribution in [0, 0.1) is 12.7 Å². The molecule has 0 fully saturated rings. The summed E-state index contributed by atoms with van der Waals surface area (Å²) in [5, 5.41) is 7.14. The molecule has 2 amide bonds. The lowest BCUT2D eigenvalue weighted by Crippen LogP contribution is -2.46. The minimum absolute atomic E-state index is 0.220. The molecular formula is C24H25FN4O2. The maximum absolute atomic E-state index is 14.0. The summed E-state index contributed by atoms with van der Waals surface area (Å²) in [4.78, 5) is 19.1. The maximum atomic E-state index is 14.0. The lowest BCUT2D eigenvalue weighted by atomic mass is 9.94. The fourth-order valence-corrected chi connectivity index (χ4v) is 3.73. The van der Waals surface area contributed by atoms with Gasteiger partial charge >= 0.3 is 6.03 Å². The Morgan fingerprint density at radius 3 is 2.65 bits per heavy atom. The van der Waals surface area contributed by atoms with Gasteiger partial charge in [0.25, 0.3) is 5.89 Å². The van der Waals surface area contributed by atoms with E-state index >= 15 is 0 Å². The van der Waals surface area contributed by atoms with Crippen molar-refractivity contribution in [1.82, 2.24) is 20.4 Å². The van der Waals surface area contributed by atoms with Crippen LogP contribution in [0.3, 0.4) is 0 Å². The zero-order chi connectivity index (χ0) is 22.0. The van der Waals surface area contributed by atoms with E-state index in [0.29, 0.717) is 29.4 Å². The molecule has 4 rings (SSSR count). The van der Waals surface area contributed by atoms with Crippen LogP contribution >= 0.6 is 0 Å². The number of allylic oxidation sites excluding steroid dienone is 1. The van der Waals surface area contributed by atoms with Crippen LogP contribution in [-0.4, -0.2) is 27.6 Å². The Labute approximate surface area is 180 Å². The van der Waals surface area contributed by atoms with E-state index in [4.69, 9.17) is 4.52 Å². The molecule has 1 atom stereocenters. The molecule has 6 nitrogen and oxygen atoms in total. The lowest BCUT2D eigenvalue weighted by Gasteiger charge is -2.35. The highest BCUT2D eigenvalue weighted by Crippen LogP contribution is 2.37. The minimum Gasteiger partial charge on any atom is -0.334 e. The third-order valence-electron chi connectivity index (χ3n) is 5.48. The second-order valence-electron chi connectivity index (χ2n) is 7.73. The van der Waals surface area contributed by atoms with Gasteiger partial charge in [-0.2, -0.15) is 4.98 Å². The molecule has 3 aromatic rings. The first-order valence-corrected chi connectivity index (χ1v) is 10.4. The number of hydrogen-bond acceptors (Lipinski definition) is 4. The summed E-state index contributed by atoms with van der Waals surface area (Å²) >= 11 is 0. The molecule has 0 bridgehead atoms. The fourth-order valence-electron chi connectivity index (χ4n) is 3.73. The summed E-state index contributed by atoms with van der Waals surface area (Å²) in [7, 11) is 0. The maximum Gasteiger partial charge on any atom is 0.322 e. The van der Waals surface area contributed by atoms with Crippen LogP contribution in [0.2, 0.25) is 0 Å². The highest BCUT2D eigenvalue weighted by Gasteiger charge is 2.35. The molecule has 2 aromatic carbocycles. The predicted octanol–water partition coefficient (Wildman–Crippen LogP) is 5.48. The Kier molecular flexibility index (Phi) is 5.84. The number of nitrogens with one attached hydrogen (secondary N) is 1. The van der Waals surface area contributed by atoms with Gasteiger partial charge in [0.2, 0.25) is 5.82 Å². The molecule has 1 aromatic heterocycles. The van der Waals surface area contributed by atoms with Crippen LogP contribution in [0.4, 0.5) is 9.18 Å². The second-order valence-corrected chi connectivity index (χ2v) is 7.73. The molecule has 0 saturated heterocycles. The van der Waals surface area contributed by atoms with E-state index in [1.54, 1.807) is 17.0 Å². The Hall–Kier alpha value is -3.48. The summed E-state index contributed by atoms with van der Waals surface area (Å²) in [5.74, 6) is 0.400. The number of carbonyl (C=O) groups excluding carboxylic acids is 1. The molecule has 1 N–H and O–H groups in total. The average Bonchev–Trinajstić information content (AvgIpc) is 3.23. The summed E-state index contributed by atoms with van der Waals surface area (Å²) in [6.07, 6.45) is 1.82. The van der Waals surface area contributed by atoms with E-state index in [1.165, 1.54) is 12.1 Å². The van der Waals surface area contributed by atoms with Gasteiger partial charge in [0.15, 0.2) is 0 Å². The van der Waals surface area contributed by atoms with Crippen LogP contribution in [0.1, 0.15) is 49.7 Å². The Morgan fingerprint density at radius 1 is 1.16 bits per heavy atom. The molecule has 0 spiro atoms. The van der Waals surface area contributed by atoms with Crippen molar-refractivity contribution in [3.8, 4) is 11.4 Å². The Balaban J connectivity index is 1.80.